The Kier molecular flexibility index (Phi) is 10.3. The Morgan fingerprint density at radius 2 is 1.78 bits per heavy atom. The molecule has 2 heterocycles. The SMILES string of the molecule is COc1ccc(CN(c2ccc(F)c(Cl)c2)c2ncnc3cc(OC)c(S[C@@H]4CCCN(C(=O)OC(C)(C)C)C4)cc23)cc1OC. The van der Waals surface area contributed by atoms with Crippen molar-refractivity contribution in [1.29, 1.82) is 0 Å². The number of fused-ring (bicyclic) bond motifs is 1. The predicted molar refractivity (Wildman–Crippen MR) is 180 cm³/mol. The minimum absolute atomic E-state index is 0.00192. The molecule has 1 fully saturated rings. The molecule has 5 rings (SSSR count). The van der Waals surface area contributed by atoms with Gasteiger partial charge in [-0.25, -0.2) is 19.2 Å². The van der Waals surface area contributed by atoms with Gasteiger partial charge in [-0.1, -0.05) is 17.7 Å². The zero-order valence-electron chi connectivity index (χ0n) is 26.8. The molecule has 1 aromatic heterocycles. The largest absolute Gasteiger partial charge is 0.496 e. The topological polar surface area (TPSA) is 86.3 Å². The Morgan fingerprint density at radius 1 is 1.02 bits per heavy atom. The molecule has 0 N–H and O–H groups in total. The van der Waals surface area contributed by atoms with Gasteiger partial charge in [0, 0.05) is 42.0 Å². The number of hydrogen-bond acceptors (Lipinski definition) is 9. The van der Waals surface area contributed by atoms with Crippen LogP contribution in [-0.4, -0.2) is 66.2 Å². The monoisotopic (exact) mass is 668 g/mol. The summed E-state index contributed by atoms with van der Waals surface area (Å²) in [4.78, 5) is 26.7. The number of aromatic nitrogens is 2. The number of nitrogens with zero attached hydrogens (tertiary/aromatic N) is 4. The van der Waals surface area contributed by atoms with Gasteiger partial charge < -0.3 is 28.7 Å². The van der Waals surface area contributed by atoms with Crippen molar-refractivity contribution in [1.82, 2.24) is 14.9 Å². The standard InChI is InChI=1S/C34H38ClFN4O5S/c1-34(2,3)45-33(41)39-13-7-8-23(19-39)46-31-16-24-27(17-30(31)44-6)37-20-38-32(24)40(22-10-11-26(36)25(35)15-22)18-21-9-12-28(42-4)29(14-21)43-5/h9-12,14-17,20,23H,7-8,13,18-19H2,1-6H3/t23-/m1/s1. The van der Waals surface area contributed by atoms with Crippen LogP contribution < -0.4 is 19.1 Å². The van der Waals surface area contributed by atoms with E-state index in [2.05, 4.69) is 4.98 Å². The smallest absolute Gasteiger partial charge is 0.410 e. The second-order valence-corrected chi connectivity index (χ2v) is 13.6. The second kappa shape index (κ2) is 14.2. The molecule has 244 valence electrons. The summed E-state index contributed by atoms with van der Waals surface area (Å²) in [7, 11) is 4.80. The summed E-state index contributed by atoms with van der Waals surface area (Å²) in [6, 6.07) is 14.2. The fraction of sp³-hybridized carbons (Fsp3) is 0.382. The van der Waals surface area contributed by atoms with Gasteiger partial charge >= 0.3 is 6.09 Å². The fourth-order valence-corrected chi connectivity index (χ4v) is 6.84. The number of amides is 1. The number of hydrogen-bond donors (Lipinski definition) is 0. The third-order valence-electron chi connectivity index (χ3n) is 7.48. The first-order valence-electron chi connectivity index (χ1n) is 14.9. The summed E-state index contributed by atoms with van der Waals surface area (Å²) < 4.78 is 36.7. The van der Waals surface area contributed by atoms with E-state index in [0.717, 1.165) is 28.7 Å². The van der Waals surface area contributed by atoms with Crippen LogP contribution in [0.5, 0.6) is 17.2 Å². The third kappa shape index (κ3) is 7.70. The Bertz CT molecular complexity index is 1720. The molecular weight excluding hydrogens is 631 g/mol. The lowest BCUT2D eigenvalue weighted by Crippen LogP contribution is -2.43. The van der Waals surface area contributed by atoms with Gasteiger partial charge in [0.1, 0.15) is 29.3 Å². The molecule has 0 unspecified atom stereocenters. The Labute approximate surface area is 277 Å². The Morgan fingerprint density at radius 3 is 2.48 bits per heavy atom. The van der Waals surface area contributed by atoms with Crippen molar-refractivity contribution in [2.45, 2.75) is 55.9 Å². The normalized spacial score (nSPS) is 15.0. The zero-order valence-corrected chi connectivity index (χ0v) is 28.4. The molecule has 1 saturated heterocycles. The summed E-state index contributed by atoms with van der Waals surface area (Å²) >= 11 is 7.92. The molecule has 46 heavy (non-hydrogen) atoms. The van der Waals surface area contributed by atoms with Crippen molar-refractivity contribution in [2.75, 3.05) is 39.3 Å². The van der Waals surface area contributed by atoms with Crippen LogP contribution in [0.3, 0.4) is 0 Å². The van der Waals surface area contributed by atoms with Crippen LogP contribution in [-0.2, 0) is 11.3 Å². The number of halogens is 2. The first-order chi connectivity index (χ1) is 22.0. The van der Waals surface area contributed by atoms with E-state index in [0.29, 0.717) is 53.9 Å². The van der Waals surface area contributed by atoms with Crippen LogP contribution in [0.15, 0.2) is 59.8 Å². The number of piperidine rings is 1. The Balaban J connectivity index is 1.54. The van der Waals surface area contributed by atoms with Crippen LogP contribution in [0, 0.1) is 5.82 Å². The van der Waals surface area contributed by atoms with Gasteiger partial charge in [0.2, 0.25) is 0 Å². The molecule has 9 nitrogen and oxygen atoms in total. The molecule has 1 amide bonds. The molecule has 1 aliphatic heterocycles. The van der Waals surface area contributed by atoms with E-state index in [1.807, 2.05) is 56.0 Å². The van der Waals surface area contributed by atoms with Gasteiger partial charge in [0.15, 0.2) is 11.5 Å². The van der Waals surface area contributed by atoms with E-state index in [1.54, 1.807) is 50.1 Å². The maximum Gasteiger partial charge on any atom is 0.410 e. The van der Waals surface area contributed by atoms with Gasteiger partial charge in [0.25, 0.3) is 0 Å². The minimum atomic E-state index is -0.563. The highest BCUT2D eigenvalue weighted by atomic mass is 35.5. The third-order valence-corrected chi connectivity index (χ3v) is 9.06. The fourth-order valence-electron chi connectivity index (χ4n) is 5.33. The van der Waals surface area contributed by atoms with Crippen molar-refractivity contribution in [2.24, 2.45) is 0 Å². The van der Waals surface area contributed by atoms with E-state index >= 15 is 0 Å². The zero-order chi connectivity index (χ0) is 33.0. The summed E-state index contributed by atoms with van der Waals surface area (Å²) in [5.74, 6) is 1.96. The molecule has 1 aliphatic rings. The summed E-state index contributed by atoms with van der Waals surface area (Å²) in [6.07, 6.45) is 2.99. The number of benzene rings is 3. The molecule has 0 radical (unpaired) electrons. The highest BCUT2D eigenvalue weighted by Gasteiger charge is 2.29. The number of thioether (sulfide) groups is 1. The lowest BCUT2D eigenvalue weighted by Gasteiger charge is -2.34. The van der Waals surface area contributed by atoms with Crippen molar-refractivity contribution in [3.63, 3.8) is 0 Å². The van der Waals surface area contributed by atoms with E-state index in [4.69, 9.17) is 35.5 Å². The summed E-state index contributed by atoms with van der Waals surface area (Å²) in [5.41, 5.74) is 1.66. The lowest BCUT2D eigenvalue weighted by molar-refractivity contribution is 0.0220. The highest BCUT2D eigenvalue weighted by molar-refractivity contribution is 8.00. The van der Waals surface area contributed by atoms with E-state index in [1.165, 1.54) is 12.4 Å². The van der Waals surface area contributed by atoms with E-state index < -0.39 is 11.4 Å². The van der Waals surface area contributed by atoms with Crippen molar-refractivity contribution < 1.29 is 28.1 Å². The van der Waals surface area contributed by atoms with E-state index in [9.17, 15) is 9.18 Å². The molecule has 0 spiro atoms. The van der Waals surface area contributed by atoms with Gasteiger partial charge in [0.05, 0.1) is 36.8 Å². The first kappa shape index (κ1) is 33.4. The lowest BCUT2D eigenvalue weighted by atomic mass is 10.1. The summed E-state index contributed by atoms with van der Waals surface area (Å²) in [5, 5.41) is 0.893. The number of ether oxygens (including phenoxy) is 4. The highest BCUT2D eigenvalue weighted by Crippen LogP contribution is 2.42. The number of rotatable bonds is 9. The number of methoxy groups -OCH3 is 3. The molecule has 12 heteroatoms. The summed E-state index contributed by atoms with van der Waals surface area (Å²) in [6.45, 7) is 7.18. The van der Waals surface area contributed by atoms with Crippen LogP contribution in [0.2, 0.25) is 5.02 Å². The van der Waals surface area contributed by atoms with Crippen LogP contribution in [0.4, 0.5) is 20.7 Å². The van der Waals surface area contributed by atoms with Crippen molar-refractivity contribution in [3.8, 4) is 17.2 Å². The predicted octanol–water partition coefficient (Wildman–Crippen LogP) is 8.28. The maximum absolute atomic E-state index is 14.3. The number of carbonyl (C=O) groups is 1. The quantitative estimate of drug-likeness (QED) is 0.175. The average molecular weight is 669 g/mol. The molecule has 0 bridgehead atoms. The van der Waals surface area contributed by atoms with E-state index in [-0.39, 0.29) is 16.4 Å². The van der Waals surface area contributed by atoms with Crippen LogP contribution >= 0.6 is 23.4 Å². The first-order valence-corrected chi connectivity index (χ1v) is 16.2. The van der Waals surface area contributed by atoms with Gasteiger partial charge in [-0.3, -0.25) is 0 Å². The van der Waals surface area contributed by atoms with Crippen LogP contribution in [0.25, 0.3) is 10.9 Å². The average Bonchev–Trinajstić information content (AvgIpc) is 3.03. The minimum Gasteiger partial charge on any atom is -0.496 e. The molecule has 0 saturated carbocycles. The number of carbonyl (C=O) groups excluding carboxylic acids is 1. The molecule has 3 aromatic carbocycles. The van der Waals surface area contributed by atoms with Gasteiger partial charge in [-0.15, -0.1) is 11.8 Å². The molecular formula is C34H38ClFN4O5S. The number of likely N-dealkylation sites (tertiary alicyclic amines) is 1. The Hall–Kier alpha value is -3.96. The van der Waals surface area contributed by atoms with Gasteiger partial charge in [-0.05, 0) is 75.6 Å². The molecule has 4 aromatic rings. The maximum atomic E-state index is 14.3. The second-order valence-electron chi connectivity index (χ2n) is 11.9. The van der Waals surface area contributed by atoms with Gasteiger partial charge in [-0.2, -0.15) is 0 Å². The van der Waals surface area contributed by atoms with Crippen LogP contribution in [0.1, 0.15) is 39.2 Å². The van der Waals surface area contributed by atoms with Crippen molar-refractivity contribution in [3.05, 3.63) is 71.3 Å². The van der Waals surface area contributed by atoms with Crippen molar-refractivity contribution >= 4 is 51.9 Å². The molecule has 1 atom stereocenters. The molecule has 0 aliphatic carbocycles. The number of anilines is 2.